The van der Waals surface area contributed by atoms with Crippen LogP contribution in [-0.4, -0.2) is 43.0 Å². The molecule has 2 aromatic rings. The summed E-state index contributed by atoms with van der Waals surface area (Å²) in [6.07, 6.45) is 4.06. The number of hydrogen-bond acceptors (Lipinski definition) is 4. The van der Waals surface area contributed by atoms with Gasteiger partial charge in [0, 0.05) is 48.7 Å². The van der Waals surface area contributed by atoms with Crippen LogP contribution in [-0.2, 0) is 0 Å². The number of rotatable bonds is 13. The predicted molar refractivity (Wildman–Crippen MR) is 129 cm³/mol. The Morgan fingerprint density at radius 2 is 1.13 bits per heavy atom. The van der Waals surface area contributed by atoms with E-state index in [1.54, 1.807) is 24.3 Å². The molecule has 0 aliphatic carbocycles. The molecule has 0 unspecified atom stereocenters. The SMILES string of the molecule is CCCN(CCC)c1ccc(C(=O)c2ccc(N(CCC)CCC)cc2C(=O)O)cc1. The summed E-state index contributed by atoms with van der Waals surface area (Å²) < 4.78 is 0. The molecule has 5 nitrogen and oxygen atoms in total. The highest BCUT2D eigenvalue weighted by Gasteiger charge is 2.20. The number of carbonyl (C=O) groups is 2. The van der Waals surface area contributed by atoms with E-state index in [9.17, 15) is 14.7 Å². The maximum Gasteiger partial charge on any atom is 0.336 e. The van der Waals surface area contributed by atoms with Crippen LogP contribution < -0.4 is 9.80 Å². The molecule has 0 aliphatic rings. The molecule has 168 valence electrons. The maximum atomic E-state index is 13.1. The second-order valence-electron chi connectivity index (χ2n) is 7.89. The van der Waals surface area contributed by atoms with Crippen molar-refractivity contribution in [1.82, 2.24) is 0 Å². The topological polar surface area (TPSA) is 60.9 Å². The number of ketones is 1. The largest absolute Gasteiger partial charge is 0.478 e. The van der Waals surface area contributed by atoms with Gasteiger partial charge >= 0.3 is 5.97 Å². The Balaban J connectivity index is 2.34. The first kappa shape index (κ1) is 24.4. The minimum absolute atomic E-state index is 0.0578. The van der Waals surface area contributed by atoms with Crippen LogP contribution in [0.4, 0.5) is 11.4 Å². The van der Waals surface area contributed by atoms with Crippen molar-refractivity contribution in [2.24, 2.45) is 0 Å². The number of anilines is 2. The monoisotopic (exact) mass is 424 g/mol. The minimum Gasteiger partial charge on any atom is -0.478 e. The summed E-state index contributed by atoms with van der Waals surface area (Å²) in [4.78, 5) is 29.6. The van der Waals surface area contributed by atoms with Crippen LogP contribution >= 0.6 is 0 Å². The maximum absolute atomic E-state index is 13.1. The Bertz CT molecular complexity index is 849. The predicted octanol–water partition coefficient (Wildman–Crippen LogP) is 5.87. The first-order valence-corrected chi connectivity index (χ1v) is 11.5. The van der Waals surface area contributed by atoms with E-state index in [0.29, 0.717) is 5.56 Å². The van der Waals surface area contributed by atoms with Crippen molar-refractivity contribution in [3.8, 4) is 0 Å². The number of carbonyl (C=O) groups excluding carboxylic acids is 1. The van der Waals surface area contributed by atoms with E-state index in [0.717, 1.165) is 63.2 Å². The van der Waals surface area contributed by atoms with Gasteiger partial charge in [-0.25, -0.2) is 4.79 Å². The van der Waals surface area contributed by atoms with E-state index >= 15 is 0 Å². The average molecular weight is 425 g/mol. The lowest BCUT2D eigenvalue weighted by Gasteiger charge is -2.25. The van der Waals surface area contributed by atoms with Gasteiger partial charge in [0.05, 0.1) is 5.56 Å². The third kappa shape index (κ3) is 6.33. The fraction of sp³-hybridized carbons (Fsp3) is 0.462. The van der Waals surface area contributed by atoms with Gasteiger partial charge in [0.25, 0.3) is 0 Å². The fourth-order valence-corrected chi connectivity index (χ4v) is 3.90. The second-order valence-corrected chi connectivity index (χ2v) is 7.89. The number of carboxylic acids is 1. The van der Waals surface area contributed by atoms with E-state index in [2.05, 4.69) is 37.5 Å². The summed E-state index contributed by atoms with van der Waals surface area (Å²) in [5, 5.41) is 9.79. The zero-order valence-corrected chi connectivity index (χ0v) is 19.4. The van der Waals surface area contributed by atoms with Gasteiger partial charge in [-0.05, 0) is 68.1 Å². The van der Waals surface area contributed by atoms with Gasteiger partial charge in [-0.15, -0.1) is 0 Å². The van der Waals surface area contributed by atoms with E-state index in [-0.39, 0.29) is 16.9 Å². The molecule has 0 saturated heterocycles. The Kier molecular flexibility index (Phi) is 9.57. The molecule has 0 spiro atoms. The number of aromatic carboxylic acids is 1. The molecule has 0 bridgehead atoms. The lowest BCUT2D eigenvalue weighted by atomic mass is 9.97. The molecule has 0 fully saturated rings. The second kappa shape index (κ2) is 12.1. The third-order valence-electron chi connectivity index (χ3n) is 5.31. The molecule has 0 amide bonds. The van der Waals surface area contributed by atoms with Crippen molar-refractivity contribution in [3.63, 3.8) is 0 Å². The first-order chi connectivity index (χ1) is 15.0. The highest BCUT2D eigenvalue weighted by atomic mass is 16.4. The molecule has 0 aliphatic heterocycles. The summed E-state index contributed by atoms with van der Waals surface area (Å²) in [5.41, 5.74) is 2.73. The van der Waals surface area contributed by atoms with E-state index in [4.69, 9.17) is 0 Å². The minimum atomic E-state index is -1.08. The zero-order chi connectivity index (χ0) is 22.8. The molecular weight excluding hydrogens is 388 g/mol. The molecule has 1 N–H and O–H groups in total. The third-order valence-corrected chi connectivity index (χ3v) is 5.31. The lowest BCUT2D eigenvalue weighted by molar-refractivity contribution is 0.0693. The van der Waals surface area contributed by atoms with Gasteiger partial charge in [0.2, 0.25) is 0 Å². The Labute approximate surface area is 186 Å². The van der Waals surface area contributed by atoms with Crippen LogP contribution in [0.25, 0.3) is 0 Å². The Hall–Kier alpha value is -2.82. The highest BCUT2D eigenvalue weighted by molar-refractivity contribution is 6.14. The van der Waals surface area contributed by atoms with E-state index < -0.39 is 5.97 Å². The molecule has 2 aromatic carbocycles. The van der Waals surface area contributed by atoms with E-state index in [1.165, 1.54) is 0 Å². The van der Waals surface area contributed by atoms with Crippen LogP contribution in [0.2, 0.25) is 0 Å². The first-order valence-electron chi connectivity index (χ1n) is 11.5. The van der Waals surface area contributed by atoms with Crippen molar-refractivity contribution in [2.75, 3.05) is 36.0 Å². The van der Waals surface area contributed by atoms with Gasteiger partial charge in [0.1, 0.15) is 0 Å². The van der Waals surface area contributed by atoms with E-state index in [1.807, 2.05) is 18.2 Å². The van der Waals surface area contributed by atoms with Crippen molar-refractivity contribution < 1.29 is 14.7 Å². The normalized spacial score (nSPS) is 10.7. The summed E-state index contributed by atoms with van der Waals surface area (Å²) in [5.74, 6) is -1.34. The number of benzene rings is 2. The number of nitrogens with zero attached hydrogens (tertiary/aromatic N) is 2. The molecule has 0 radical (unpaired) electrons. The van der Waals surface area contributed by atoms with Crippen molar-refractivity contribution in [3.05, 3.63) is 59.2 Å². The van der Waals surface area contributed by atoms with Gasteiger partial charge in [-0.2, -0.15) is 0 Å². The zero-order valence-electron chi connectivity index (χ0n) is 19.4. The van der Waals surface area contributed by atoms with Gasteiger partial charge in [0.15, 0.2) is 5.78 Å². The van der Waals surface area contributed by atoms with Crippen molar-refractivity contribution >= 4 is 23.1 Å². The molecule has 0 heterocycles. The van der Waals surface area contributed by atoms with Crippen LogP contribution in [0.15, 0.2) is 42.5 Å². The summed E-state index contributed by atoms with van der Waals surface area (Å²) in [7, 11) is 0. The lowest BCUT2D eigenvalue weighted by Crippen LogP contribution is -2.25. The molecule has 0 atom stereocenters. The smallest absolute Gasteiger partial charge is 0.336 e. The van der Waals surface area contributed by atoms with Crippen LogP contribution in [0.1, 0.15) is 79.7 Å². The fourth-order valence-electron chi connectivity index (χ4n) is 3.90. The van der Waals surface area contributed by atoms with Crippen LogP contribution in [0, 0.1) is 0 Å². The van der Waals surface area contributed by atoms with Gasteiger partial charge < -0.3 is 14.9 Å². The Morgan fingerprint density at radius 1 is 0.677 bits per heavy atom. The number of carboxylic acid groups (broad SMARTS) is 1. The average Bonchev–Trinajstić information content (AvgIpc) is 2.78. The molecule has 0 aromatic heterocycles. The highest BCUT2D eigenvalue weighted by Crippen LogP contribution is 2.24. The van der Waals surface area contributed by atoms with Crippen molar-refractivity contribution in [2.45, 2.75) is 53.4 Å². The van der Waals surface area contributed by atoms with Crippen LogP contribution in [0.5, 0.6) is 0 Å². The molecule has 2 rings (SSSR count). The van der Waals surface area contributed by atoms with Crippen LogP contribution in [0.3, 0.4) is 0 Å². The summed E-state index contributed by atoms with van der Waals surface area (Å²) in [6.45, 7) is 12.2. The van der Waals surface area contributed by atoms with Crippen molar-refractivity contribution in [1.29, 1.82) is 0 Å². The summed E-state index contributed by atoms with van der Waals surface area (Å²) in [6, 6.07) is 12.7. The van der Waals surface area contributed by atoms with Gasteiger partial charge in [-0.1, -0.05) is 27.7 Å². The molecule has 0 saturated carbocycles. The Morgan fingerprint density at radius 3 is 1.58 bits per heavy atom. The summed E-state index contributed by atoms with van der Waals surface area (Å²) >= 11 is 0. The standard InChI is InChI=1S/C26H36N2O3/c1-5-15-27(16-6-2)21-11-9-20(10-12-21)25(29)23-14-13-22(19-24(23)26(30)31)28(17-7-3)18-8-4/h9-14,19H,5-8,15-18H2,1-4H3,(H,30,31). The quantitative estimate of drug-likeness (QED) is 0.408. The molecular formula is C26H36N2O3. The number of hydrogen-bond donors (Lipinski definition) is 1. The molecule has 5 heteroatoms. The molecule has 31 heavy (non-hydrogen) atoms. The van der Waals surface area contributed by atoms with Gasteiger partial charge in [-0.3, -0.25) is 4.79 Å².